The van der Waals surface area contributed by atoms with Crippen molar-refractivity contribution in [2.75, 3.05) is 6.54 Å². The summed E-state index contributed by atoms with van der Waals surface area (Å²) in [4.78, 5) is 12.6. The second kappa shape index (κ2) is 7.29. The lowest BCUT2D eigenvalue weighted by Crippen LogP contribution is -2.25. The SMILES string of the molecule is Cn1cc(CCNC(=O)c2cn[nH]c2-c2ccccc2)c2cc(Cl)ccc21. The molecule has 27 heavy (non-hydrogen) atoms. The van der Waals surface area contributed by atoms with E-state index in [1.165, 1.54) is 0 Å². The van der Waals surface area contributed by atoms with Crippen LogP contribution in [0.3, 0.4) is 0 Å². The van der Waals surface area contributed by atoms with Crippen LogP contribution in [0.4, 0.5) is 0 Å². The number of carbonyl (C=O) groups excluding carboxylic acids is 1. The van der Waals surface area contributed by atoms with Gasteiger partial charge in [0.25, 0.3) is 5.91 Å². The topological polar surface area (TPSA) is 62.7 Å². The summed E-state index contributed by atoms with van der Waals surface area (Å²) in [5.41, 5.74) is 4.49. The van der Waals surface area contributed by atoms with E-state index in [1.807, 2.05) is 55.6 Å². The van der Waals surface area contributed by atoms with Crippen LogP contribution in [0.2, 0.25) is 5.02 Å². The number of aryl methyl sites for hydroxylation is 1. The van der Waals surface area contributed by atoms with Crippen molar-refractivity contribution in [3.8, 4) is 11.3 Å². The highest BCUT2D eigenvalue weighted by Gasteiger charge is 2.15. The fourth-order valence-electron chi connectivity index (χ4n) is 3.33. The zero-order chi connectivity index (χ0) is 18.8. The quantitative estimate of drug-likeness (QED) is 0.546. The normalized spacial score (nSPS) is 11.0. The van der Waals surface area contributed by atoms with Crippen molar-refractivity contribution in [2.45, 2.75) is 6.42 Å². The van der Waals surface area contributed by atoms with E-state index in [2.05, 4.69) is 26.3 Å². The molecule has 4 aromatic rings. The molecule has 5 nitrogen and oxygen atoms in total. The summed E-state index contributed by atoms with van der Waals surface area (Å²) in [6.07, 6.45) is 4.37. The molecule has 0 aliphatic heterocycles. The summed E-state index contributed by atoms with van der Waals surface area (Å²) in [6, 6.07) is 15.6. The molecule has 2 aromatic heterocycles. The van der Waals surface area contributed by atoms with Gasteiger partial charge < -0.3 is 9.88 Å². The van der Waals surface area contributed by atoms with Crippen LogP contribution in [0.1, 0.15) is 15.9 Å². The Labute approximate surface area is 162 Å². The van der Waals surface area contributed by atoms with E-state index in [0.717, 1.165) is 34.1 Å². The molecule has 0 unspecified atom stereocenters. The number of rotatable bonds is 5. The lowest BCUT2D eigenvalue weighted by molar-refractivity contribution is 0.0955. The second-order valence-electron chi connectivity index (χ2n) is 6.46. The molecule has 2 heterocycles. The number of fused-ring (bicyclic) bond motifs is 1. The monoisotopic (exact) mass is 378 g/mol. The Hall–Kier alpha value is -3.05. The Balaban J connectivity index is 1.47. The number of halogens is 1. The van der Waals surface area contributed by atoms with Crippen molar-refractivity contribution >= 4 is 28.4 Å². The molecule has 2 aromatic carbocycles. The molecule has 6 heteroatoms. The van der Waals surface area contributed by atoms with Crippen LogP contribution >= 0.6 is 11.6 Å². The van der Waals surface area contributed by atoms with Crippen molar-refractivity contribution in [1.82, 2.24) is 20.1 Å². The van der Waals surface area contributed by atoms with E-state index in [-0.39, 0.29) is 5.91 Å². The van der Waals surface area contributed by atoms with Gasteiger partial charge in [-0.3, -0.25) is 9.89 Å². The predicted octanol–water partition coefficient (Wildman–Crippen LogP) is 4.19. The van der Waals surface area contributed by atoms with Gasteiger partial charge in [-0.25, -0.2) is 0 Å². The number of hydrogen-bond donors (Lipinski definition) is 2. The van der Waals surface area contributed by atoms with E-state index in [4.69, 9.17) is 11.6 Å². The summed E-state index contributed by atoms with van der Waals surface area (Å²) in [6.45, 7) is 0.532. The van der Waals surface area contributed by atoms with E-state index in [9.17, 15) is 4.79 Å². The number of carbonyl (C=O) groups is 1. The van der Waals surface area contributed by atoms with E-state index >= 15 is 0 Å². The molecule has 0 radical (unpaired) electrons. The molecule has 0 atom stereocenters. The van der Waals surface area contributed by atoms with Gasteiger partial charge in [0.1, 0.15) is 0 Å². The van der Waals surface area contributed by atoms with Gasteiger partial charge in [0.15, 0.2) is 0 Å². The molecule has 0 bridgehead atoms. The third-order valence-corrected chi connectivity index (χ3v) is 4.90. The van der Waals surface area contributed by atoms with Gasteiger partial charge in [0, 0.05) is 41.3 Å². The van der Waals surface area contributed by atoms with Crippen LogP contribution in [0.15, 0.2) is 60.9 Å². The summed E-state index contributed by atoms with van der Waals surface area (Å²) in [7, 11) is 2.01. The lowest BCUT2D eigenvalue weighted by atomic mass is 10.1. The van der Waals surface area contributed by atoms with Gasteiger partial charge in [-0.2, -0.15) is 5.10 Å². The van der Waals surface area contributed by atoms with Crippen molar-refractivity contribution < 1.29 is 4.79 Å². The minimum atomic E-state index is -0.138. The van der Waals surface area contributed by atoms with Gasteiger partial charge in [-0.15, -0.1) is 0 Å². The smallest absolute Gasteiger partial charge is 0.255 e. The zero-order valence-electron chi connectivity index (χ0n) is 14.9. The maximum absolute atomic E-state index is 12.6. The van der Waals surface area contributed by atoms with Crippen LogP contribution in [-0.4, -0.2) is 27.2 Å². The van der Waals surface area contributed by atoms with Crippen molar-refractivity contribution in [3.63, 3.8) is 0 Å². The van der Waals surface area contributed by atoms with Crippen molar-refractivity contribution in [1.29, 1.82) is 0 Å². The third kappa shape index (κ3) is 3.46. The number of H-pyrrole nitrogens is 1. The maximum Gasteiger partial charge on any atom is 0.255 e. The van der Waals surface area contributed by atoms with Crippen LogP contribution < -0.4 is 5.32 Å². The molecule has 0 saturated carbocycles. The molecule has 0 saturated heterocycles. The van der Waals surface area contributed by atoms with Crippen molar-refractivity contribution in [3.05, 3.63) is 77.1 Å². The number of nitrogens with one attached hydrogen (secondary N) is 2. The fourth-order valence-corrected chi connectivity index (χ4v) is 3.51. The van der Waals surface area contributed by atoms with E-state index in [1.54, 1.807) is 6.20 Å². The first kappa shape index (κ1) is 17.4. The third-order valence-electron chi connectivity index (χ3n) is 4.66. The van der Waals surface area contributed by atoms with E-state index < -0.39 is 0 Å². The Kier molecular flexibility index (Phi) is 4.69. The fraction of sp³-hybridized carbons (Fsp3) is 0.143. The minimum Gasteiger partial charge on any atom is -0.352 e. The molecule has 0 spiro atoms. The average Bonchev–Trinajstić information content (AvgIpc) is 3.28. The minimum absolute atomic E-state index is 0.138. The number of aromatic amines is 1. The van der Waals surface area contributed by atoms with Crippen LogP contribution in [0.5, 0.6) is 0 Å². The van der Waals surface area contributed by atoms with Gasteiger partial charge in [-0.05, 0) is 30.2 Å². The molecule has 2 N–H and O–H groups in total. The molecule has 0 fully saturated rings. The molecule has 4 rings (SSSR count). The second-order valence-corrected chi connectivity index (χ2v) is 6.89. The highest BCUT2D eigenvalue weighted by atomic mass is 35.5. The lowest BCUT2D eigenvalue weighted by Gasteiger charge is -2.06. The molecule has 0 aliphatic carbocycles. The molecule has 1 amide bonds. The van der Waals surface area contributed by atoms with Gasteiger partial charge in [-0.1, -0.05) is 41.9 Å². The van der Waals surface area contributed by atoms with Crippen LogP contribution in [-0.2, 0) is 13.5 Å². The Morgan fingerprint density at radius 1 is 1.22 bits per heavy atom. The maximum atomic E-state index is 12.6. The zero-order valence-corrected chi connectivity index (χ0v) is 15.6. The Bertz CT molecular complexity index is 1100. The molecular formula is C21H19ClN4O. The largest absolute Gasteiger partial charge is 0.352 e. The predicted molar refractivity (Wildman–Crippen MR) is 108 cm³/mol. The molecule has 0 aliphatic rings. The number of aromatic nitrogens is 3. The van der Waals surface area contributed by atoms with Gasteiger partial charge in [0.05, 0.1) is 17.5 Å². The van der Waals surface area contributed by atoms with E-state index in [0.29, 0.717) is 17.1 Å². The highest BCUT2D eigenvalue weighted by molar-refractivity contribution is 6.31. The average molecular weight is 379 g/mol. The van der Waals surface area contributed by atoms with Gasteiger partial charge in [0.2, 0.25) is 0 Å². The number of amides is 1. The van der Waals surface area contributed by atoms with Crippen LogP contribution in [0, 0.1) is 0 Å². The van der Waals surface area contributed by atoms with Crippen LogP contribution in [0.25, 0.3) is 22.2 Å². The molecule has 136 valence electrons. The summed E-state index contributed by atoms with van der Waals surface area (Å²) in [5.74, 6) is -0.138. The first-order valence-corrected chi connectivity index (χ1v) is 9.12. The van der Waals surface area contributed by atoms with Gasteiger partial charge >= 0.3 is 0 Å². The first-order valence-electron chi connectivity index (χ1n) is 8.74. The summed E-state index contributed by atoms with van der Waals surface area (Å²) < 4.78 is 2.08. The highest BCUT2D eigenvalue weighted by Crippen LogP contribution is 2.25. The molecular weight excluding hydrogens is 360 g/mol. The number of hydrogen-bond acceptors (Lipinski definition) is 2. The Morgan fingerprint density at radius 2 is 2.04 bits per heavy atom. The summed E-state index contributed by atoms with van der Waals surface area (Å²) >= 11 is 6.14. The Morgan fingerprint density at radius 3 is 2.85 bits per heavy atom. The number of nitrogens with zero attached hydrogens (tertiary/aromatic N) is 2. The number of benzene rings is 2. The van der Waals surface area contributed by atoms with Crippen molar-refractivity contribution in [2.24, 2.45) is 7.05 Å². The first-order chi connectivity index (χ1) is 13.1. The summed E-state index contributed by atoms with van der Waals surface area (Å²) in [5, 5.41) is 11.8. The standard InChI is InChI=1S/C21H19ClN4O/c1-26-13-15(17-11-16(22)7-8-19(17)26)9-10-23-21(27)18-12-24-25-20(18)14-5-3-2-4-6-14/h2-8,11-13H,9-10H2,1H3,(H,23,27)(H,24,25).